The van der Waals surface area contributed by atoms with Crippen molar-refractivity contribution in [1.82, 2.24) is 9.78 Å². The average Bonchev–Trinajstić information content (AvgIpc) is 2.89. The lowest BCUT2D eigenvalue weighted by Gasteiger charge is -2.07. The van der Waals surface area contributed by atoms with Crippen molar-refractivity contribution in [2.75, 3.05) is 4.72 Å². The van der Waals surface area contributed by atoms with Crippen LogP contribution < -0.4 is 4.72 Å². The number of nitriles is 2. The molecule has 118 valence electrons. The highest BCUT2D eigenvalue weighted by Crippen LogP contribution is 2.23. The van der Waals surface area contributed by atoms with E-state index in [-0.39, 0.29) is 32.9 Å². The molecule has 9 heteroatoms. The van der Waals surface area contributed by atoms with Gasteiger partial charge in [0.1, 0.15) is 17.7 Å². The highest BCUT2D eigenvalue weighted by molar-refractivity contribution is 7.92. The first-order valence-corrected chi connectivity index (χ1v) is 8.36. The Labute approximate surface area is 138 Å². The first kappa shape index (κ1) is 16.8. The fraction of sp³-hybridized carbons (Fsp3) is 0.214. The van der Waals surface area contributed by atoms with Crippen molar-refractivity contribution in [2.45, 2.75) is 24.8 Å². The predicted molar refractivity (Wildman–Crippen MR) is 84.3 cm³/mol. The predicted octanol–water partition coefficient (Wildman–Crippen LogP) is 2.66. The maximum Gasteiger partial charge on any atom is 0.263 e. The Bertz CT molecular complexity index is 935. The van der Waals surface area contributed by atoms with Gasteiger partial charge >= 0.3 is 0 Å². The molecule has 0 unspecified atom stereocenters. The number of rotatable bonds is 4. The lowest BCUT2D eigenvalue weighted by molar-refractivity contribution is 0.534. The molecule has 7 nitrogen and oxygen atoms in total. The van der Waals surface area contributed by atoms with Gasteiger partial charge in [-0.05, 0) is 32.0 Å². The van der Waals surface area contributed by atoms with Crippen molar-refractivity contribution in [3.05, 3.63) is 40.5 Å². The monoisotopic (exact) mass is 349 g/mol. The molecule has 2 rings (SSSR count). The molecule has 0 aliphatic heterocycles. The third-order valence-electron chi connectivity index (χ3n) is 2.98. The number of aromatic nitrogens is 2. The number of benzene rings is 1. The molecule has 1 aromatic heterocycles. The normalized spacial score (nSPS) is 11.0. The molecule has 0 aliphatic rings. The molecule has 0 amide bonds. The number of hydrogen-bond acceptors (Lipinski definition) is 5. The van der Waals surface area contributed by atoms with Crippen LogP contribution in [0.1, 0.15) is 31.0 Å². The summed E-state index contributed by atoms with van der Waals surface area (Å²) in [7, 11) is -3.98. The van der Waals surface area contributed by atoms with E-state index in [1.807, 2.05) is 26.0 Å². The van der Waals surface area contributed by atoms with Crippen LogP contribution in [-0.4, -0.2) is 18.2 Å². The molecule has 23 heavy (non-hydrogen) atoms. The zero-order valence-corrected chi connectivity index (χ0v) is 13.9. The average molecular weight is 350 g/mol. The minimum Gasteiger partial charge on any atom is -0.267 e. The molecule has 0 atom stereocenters. The molecular formula is C14H12ClN5O2S. The van der Waals surface area contributed by atoms with Crippen LogP contribution in [0.5, 0.6) is 0 Å². The summed E-state index contributed by atoms with van der Waals surface area (Å²) in [5.74, 6) is -0.0540. The van der Waals surface area contributed by atoms with Crippen molar-refractivity contribution in [2.24, 2.45) is 0 Å². The van der Waals surface area contributed by atoms with E-state index in [1.165, 1.54) is 29.1 Å². The van der Waals surface area contributed by atoms with Gasteiger partial charge in [0.05, 0.1) is 15.5 Å². The second kappa shape index (κ2) is 6.29. The fourth-order valence-electron chi connectivity index (χ4n) is 1.75. The van der Waals surface area contributed by atoms with Gasteiger partial charge < -0.3 is 0 Å². The summed E-state index contributed by atoms with van der Waals surface area (Å²) in [4.78, 5) is -0.121. The number of hydrogen-bond donors (Lipinski definition) is 1. The second-order valence-electron chi connectivity index (χ2n) is 4.94. The van der Waals surface area contributed by atoms with Crippen LogP contribution in [0.4, 0.5) is 5.82 Å². The zero-order valence-electron chi connectivity index (χ0n) is 12.3. The van der Waals surface area contributed by atoms with Gasteiger partial charge in [0.25, 0.3) is 10.0 Å². The van der Waals surface area contributed by atoms with Crippen molar-refractivity contribution in [3.8, 4) is 12.1 Å². The van der Waals surface area contributed by atoms with E-state index in [4.69, 9.17) is 22.1 Å². The molecule has 0 aliphatic carbocycles. The van der Waals surface area contributed by atoms with Crippen LogP contribution in [0.2, 0.25) is 5.02 Å². The SMILES string of the molecule is CC(C)n1cc(C#N)c(NS(=O)(=O)c2ccc(C#N)c(Cl)c2)n1. The number of halogens is 1. The summed E-state index contributed by atoms with van der Waals surface area (Å²) in [6.07, 6.45) is 1.47. The van der Waals surface area contributed by atoms with Crippen LogP contribution in [-0.2, 0) is 10.0 Å². The summed E-state index contributed by atoms with van der Waals surface area (Å²) < 4.78 is 28.5. The topological polar surface area (TPSA) is 112 Å². The van der Waals surface area contributed by atoms with E-state index in [0.717, 1.165) is 0 Å². The fourth-order valence-corrected chi connectivity index (χ4v) is 3.08. The van der Waals surface area contributed by atoms with E-state index in [9.17, 15) is 8.42 Å². The third-order valence-corrected chi connectivity index (χ3v) is 4.63. The number of sulfonamides is 1. The molecule has 0 bridgehead atoms. The Morgan fingerprint density at radius 1 is 1.26 bits per heavy atom. The Morgan fingerprint density at radius 2 is 1.91 bits per heavy atom. The molecular weight excluding hydrogens is 338 g/mol. The zero-order chi connectivity index (χ0) is 17.2. The van der Waals surface area contributed by atoms with Gasteiger partial charge in [0, 0.05) is 12.2 Å². The van der Waals surface area contributed by atoms with Crippen LogP contribution in [0.15, 0.2) is 29.3 Å². The second-order valence-corrected chi connectivity index (χ2v) is 7.03. The van der Waals surface area contributed by atoms with Crippen LogP contribution >= 0.6 is 11.6 Å². The van der Waals surface area contributed by atoms with Crippen molar-refractivity contribution in [1.29, 1.82) is 10.5 Å². The molecule has 1 heterocycles. The first-order chi connectivity index (χ1) is 10.8. The lowest BCUT2D eigenvalue weighted by atomic mass is 10.2. The van der Waals surface area contributed by atoms with E-state index in [2.05, 4.69) is 9.82 Å². The van der Waals surface area contributed by atoms with Gasteiger partial charge in [0.2, 0.25) is 0 Å². The molecule has 2 aromatic rings. The van der Waals surface area contributed by atoms with Gasteiger partial charge in [0.15, 0.2) is 5.82 Å². The quantitative estimate of drug-likeness (QED) is 0.911. The van der Waals surface area contributed by atoms with Gasteiger partial charge in [-0.1, -0.05) is 11.6 Å². The summed E-state index contributed by atoms with van der Waals surface area (Å²) >= 11 is 5.86. The smallest absolute Gasteiger partial charge is 0.263 e. The largest absolute Gasteiger partial charge is 0.267 e. The Balaban J connectivity index is 2.41. The molecule has 1 aromatic carbocycles. The molecule has 1 N–H and O–H groups in total. The first-order valence-electron chi connectivity index (χ1n) is 6.50. The molecule has 0 radical (unpaired) electrons. The molecule has 0 saturated heterocycles. The van der Waals surface area contributed by atoms with Gasteiger partial charge in [-0.2, -0.15) is 15.6 Å². The highest BCUT2D eigenvalue weighted by atomic mass is 35.5. The third kappa shape index (κ3) is 3.45. The molecule has 0 spiro atoms. The van der Waals surface area contributed by atoms with Crippen LogP contribution in [0.25, 0.3) is 0 Å². The standard InChI is InChI=1S/C14H12ClN5O2S/c1-9(2)20-8-11(7-17)14(18-20)19-23(21,22)12-4-3-10(6-16)13(15)5-12/h3-5,8-9H,1-2H3,(H,18,19). The van der Waals surface area contributed by atoms with Crippen LogP contribution in [0, 0.1) is 22.7 Å². The van der Waals surface area contributed by atoms with E-state index in [0.29, 0.717) is 0 Å². The maximum absolute atomic E-state index is 12.4. The van der Waals surface area contributed by atoms with Crippen molar-refractivity contribution >= 4 is 27.4 Å². The summed E-state index contributed by atoms with van der Waals surface area (Å²) in [5, 5.41) is 22.0. The van der Waals surface area contributed by atoms with Gasteiger partial charge in [-0.3, -0.25) is 9.40 Å². The minimum atomic E-state index is -3.98. The Hall–Kier alpha value is -2.55. The van der Waals surface area contributed by atoms with E-state index < -0.39 is 10.0 Å². The minimum absolute atomic E-state index is 0.0234. The van der Waals surface area contributed by atoms with Gasteiger partial charge in [-0.25, -0.2) is 8.42 Å². The highest BCUT2D eigenvalue weighted by Gasteiger charge is 2.20. The van der Waals surface area contributed by atoms with Gasteiger partial charge in [-0.15, -0.1) is 0 Å². The summed E-state index contributed by atoms with van der Waals surface area (Å²) in [5.41, 5.74) is 0.287. The van der Waals surface area contributed by atoms with E-state index >= 15 is 0 Å². The van der Waals surface area contributed by atoms with E-state index in [1.54, 1.807) is 0 Å². The summed E-state index contributed by atoms with van der Waals surface area (Å²) in [6.45, 7) is 3.71. The van der Waals surface area contributed by atoms with Crippen molar-refractivity contribution < 1.29 is 8.42 Å². The maximum atomic E-state index is 12.4. The van der Waals surface area contributed by atoms with Crippen LogP contribution in [0.3, 0.4) is 0 Å². The Morgan fingerprint density at radius 3 is 2.43 bits per heavy atom. The Kier molecular flexibility index (Phi) is 4.60. The van der Waals surface area contributed by atoms with Crippen molar-refractivity contribution in [3.63, 3.8) is 0 Å². The number of nitrogens with zero attached hydrogens (tertiary/aromatic N) is 4. The molecule has 0 saturated carbocycles. The number of nitrogens with one attached hydrogen (secondary N) is 1. The molecule has 0 fully saturated rings. The lowest BCUT2D eigenvalue weighted by Crippen LogP contribution is -2.14. The number of anilines is 1. The summed E-state index contributed by atoms with van der Waals surface area (Å²) in [6, 6.07) is 7.47.